The molecule has 0 amide bonds. The van der Waals surface area contributed by atoms with E-state index in [0.717, 1.165) is 13.0 Å². The molecule has 2 unspecified atom stereocenters. The Hall–Kier alpha value is -0.670. The van der Waals surface area contributed by atoms with E-state index in [2.05, 4.69) is 35.9 Å². The molecular weight excluding hydrogens is 258 g/mol. The highest BCUT2D eigenvalue weighted by molar-refractivity contribution is 5.62. The predicted molar refractivity (Wildman–Crippen MR) is 93.6 cm³/mol. The monoisotopic (exact) mass is 293 g/mol. The molecule has 0 aliphatic carbocycles. The van der Waals surface area contributed by atoms with Crippen molar-refractivity contribution in [1.29, 1.82) is 0 Å². The van der Waals surface area contributed by atoms with E-state index >= 15 is 0 Å². The maximum Gasteiger partial charge on any atom is 0.103 e. The highest BCUT2D eigenvalue weighted by atomic mass is 15.3. The first kappa shape index (κ1) is 18.4. The highest BCUT2D eigenvalue weighted by Gasteiger charge is 2.22. The number of hydrogen-bond acceptors (Lipinski definition) is 3. The number of allylic oxidation sites excluding steroid dienone is 2. The number of nitrogens with two attached hydrogens (primary N) is 1. The van der Waals surface area contributed by atoms with Crippen LogP contribution in [-0.2, 0) is 0 Å². The second-order valence-corrected chi connectivity index (χ2v) is 6.21. The Kier molecular flexibility index (Phi) is 10.4. The molecule has 2 N–H and O–H groups in total. The average Bonchev–Trinajstić information content (AvgIpc) is 2.93. The minimum atomic E-state index is 0.123. The lowest BCUT2D eigenvalue weighted by Gasteiger charge is -2.26. The molecule has 3 heteroatoms. The largest absolute Gasteiger partial charge is 0.316 e. The zero-order chi connectivity index (χ0) is 15.3. The predicted octanol–water partition coefficient (Wildman–Crippen LogP) is 4.48. The molecule has 0 saturated heterocycles. The van der Waals surface area contributed by atoms with Crippen LogP contribution in [0.3, 0.4) is 0 Å². The maximum atomic E-state index is 5.96. The van der Waals surface area contributed by atoms with Crippen molar-refractivity contribution >= 4 is 6.21 Å². The van der Waals surface area contributed by atoms with E-state index in [9.17, 15) is 0 Å². The van der Waals surface area contributed by atoms with Gasteiger partial charge in [0, 0.05) is 12.8 Å². The third-order valence-corrected chi connectivity index (χ3v) is 4.18. The lowest BCUT2D eigenvalue weighted by atomic mass is 10.1. The number of hydrogen-bond donors (Lipinski definition) is 1. The standard InChI is InChI=1S/C18H35N3/c1-3-4-5-6-7-8-9-10-11-12-13-14-18-20-15-16-21(18)17(2)19/h5-6,15,17-18H,3-4,7-14,16,19H2,1-2H3/b6-5+. The van der Waals surface area contributed by atoms with Gasteiger partial charge in [0.2, 0.25) is 0 Å². The van der Waals surface area contributed by atoms with Crippen LogP contribution in [0.4, 0.5) is 0 Å². The molecule has 1 aliphatic rings. The Morgan fingerprint density at radius 3 is 2.52 bits per heavy atom. The molecule has 0 saturated carbocycles. The highest BCUT2D eigenvalue weighted by Crippen LogP contribution is 2.17. The summed E-state index contributed by atoms with van der Waals surface area (Å²) in [4.78, 5) is 6.81. The molecule has 0 fully saturated rings. The van der Waals surface area contributed by atoms with E-state index in [-0.39, 0.29) is 6.17 Å². The van der Waals surface area contributed by atoms with Crippen molar-refractivity contribution in [2.45, 2.75) is 90.4 Å². The molecule has 3 nitrogen and oxygen atoms in total. The molecule has 0 bridgehead atoms. The Labute approximate surface area is 131 Å². The van der Waals surface area contributed by atoms with Crippen LogP contribution in [0.2, 0.25) is 0 Å². The molecule has 21 heavy (non-hydrogen) atoms. The minimum Gasteiger partial charge on any atom is -0.316 e. The lowest BCUT2D eigenvalue weighted by Crippen LogP contribution is -2.43. The SMILES string of the molecule is CCC/C=C/CCCCCCCCC1N=CCN1C(C)N. The Balaban J connectivity index is 1.90. The van der Waals surface area contributed by atoms with Gasteiger partial charge in [0.05, 0.1) is 6.17 Å². The summed E-state index contributed by atoms with van der Waals surface area (Å²) in [6, 6.07) is 0. The van der Waals surface area contributed by atoms with Crippen molar-refractivity contribution < 1.29 is 0 Å². The molecule has 0 aromatic carbocycles. The van der Waals surface area contributed by atoms with Crippen molar-refractivity contribution in [1.82, 2.24) is 4.90 Å². The number of unbranched alkanes of at least 4 members (excludes halogenated alkanes) is 7. The van der Waals surface area contributed by atoms with E-state index in [1.54, 1.807) is 0 Å². The first-order valence-corrected chi connectivity index (χ1v) is 8.93. The van der Waals surface area contributed by atoms with Gasteiger partial charge in [0.15, 0.2) is 0 Å². The average molecular weight is 293 g/mol. The van der Waals surface area contributed by atoms with E-state index < -0.39 is 0 Å². The van der Waals surface area contributed by atoms with Crippen molar-refractivity contribution in [2.24, 2.45) is 10.7 Å². The summed E-state index contributed by atoms with van der Waals surface area (Å²) in [5.41, 5.74) is 5.96. The minimum absolute atomic E-state index is 0.123. The summed E-state index contributed by atoms with van der Waals surface area (Å²) in [6.45, 7) is 5.21. The number of aliphatic imine (C=N–C) groups is 1. The molecule has 0 aromatic rings. The van der Waals surface area contributed by atoms with Crippen LogP contribution in [0.25, 0.3) is 0 Å². The fourth-order valence-corrected chi connectivity index (χ4v) is 2.85. The summed E-state index contributed by atoms with van der Waals surface area (Å²) >= 11 is 0. The maximum absolute atomic E-state index is 5.96. The Bertz CT molecular complexity index is 297. The normalized spacial score (nSPS) is 20.6. The van der Waals surface area contributed by atoms with Gasteiger partial charge in [-0.2, -0.15) is 0 Å². The van der Waals surface area contributed by atoms with Crippen LogP contribution in [0.5, 0.6) is 0 Å². The van der Waals surface area contributed by atoms with E-state index in [0.29, 0.717) is 6.17 Å². The molecule has 1 rings (SSSR count). The molecule has 2 atom stereocenters. The fraction of sp³-hybridized carbons (Fsp3) is 0.833. The van der Waals surface area contributed by atoms with Gasteiger partial charge >= 0.3 is 0 Å². The van der Waals surface area contributed by atoms with Gasteiger partial charge in [-0.1, -0.05) is 51.2 Å². The summed E-state index contributed by atoms with van der Waals surface area (Å²) < 4.78 is 0. The first-order valence-electron chi connectivity index (χ1n) is 8.93. The van der Waals surface area contributed by atoms with Crippen LogP contribution in [0.1, 0.15) is 78.1 Å². The van der Waals surface area contributed by atoms with Gasteiger partial charge in [-0.3, -0.25) is 9.89 Å². The van der Waals surface area contributed by atoms with Crippen molar-refractivity contribution in [3.8, 4) is 0 Å². The van der Waals surface area contributed by atoms with Crippen molar-refractivity contribution in [2.75, 3.05) is 6.54 Å². The smallest absolute Gasteiger partial charge is 0.103 e. The third kappa shape index (κ3) is 8.37. The van der Waals surface area contributed by atoms with Gasteiger partial charge in [-0.25, -0.2) is 0 Å². The van der Waals surface area contributed by atoms with Crippen LogP contribution in [0, 0.1) is 0 Å². The first-order chi connectivity index (χ1) is 10.3. The van der Waals surface area contributed by atoms with Crippen LogP contribution in [0.15, 0.2) is 17.1 Å². The fourth-order valence-electron chi connectivity index (χ4n) is 2.85. The number of rotatable bonds is 12. The molecule has 0 spiro atoms. The summed E-state index contributed by atoms with van der Waals surface area (Å²) in [7, 11) is 0. The summed E-state index contributed by atoms with van der Waals surface area (Å²) in [5.74, 6) is 0. The summed E-state index contributed by atoms with van der Waals surface area (Å²) in [6.07, 6.45) is 20.2. The van der Waals surface area contributed by atoms with Gasteiger partial charge in [0.25, 0.3) is 0 Å². The Morgan fingerprint density at radius 2 is 1.81 bits per heavy atom. The van der Waals surface area contributed by atoms with Gasteiger partial charge in [0.1, 0.15) is 6.17 Å². The van der Waals surface area contributed by atoms with Gasteiger partial charge in [-0.05, 0) is 39.0 Å². The third-order valence-electron chi connectivity index (χ3n) is 4.18. The Morgan fingerprint density at radius 1 is 1.14 bits per heavy atom. The second-order valence-electron chi connectivity index (χ2n) is 6.21. The molecule has 122 valence electrons. The number of nitrogens with zero attached hydrogens (tertiary/aromatic N) is 2. The van der Waals surface area contributed by atoms with Crippen LogP contribution in [-0.4, -0.2) is 30.0 Å². The van der Waals surface area contributed by atoms with Crippen molar-refractivity contribution in [3.63, 3.8) is 0 Å². The van der Waals surface area contributed by atoms with Gasteiger partial charge < -0.3 is 5.73 Å². The van der Waals surface area contributed by atoms with E-state index in [1.165, 1.54) is 57.8 Å². The van der Waals surface area contributed by atoms with E-state index in [1.807, 2.05) is 6.21 Å². The second kappa shape index (κ2) is 11.9. The van der Waals surface area contributed by atoms with Crippen LogP contribution >= 0.6 is 0 Å². The van der Waals surface area contributed by atoms with Gasteiger partial charge in [-0.15, -0.1) is 0 Å². The van der Waals surface area contributed by atoms with Crippen LogP contribution < -0.4 is 5.73 Å². The topological polar surface area (TPSA) is 41.6 Å². The molecule has 1 aliphatic heterocycles. The lowest BCUT2D eigenvalue weighted by molar-refractivity contribution is 0.182. The quantitative estimate of drug-likeness (QED) is 0.426. The molecule has 1 heterocycles. The molecule has 0 aromatic heterocycles. The molecule has 0 radical (unpaired) electrons. The zero-order valence-electron chi connectivity index (χ0n) is 14.1. The van der Waals surface area contributed by atoms with Crippen molar-refractivity contribution in [3.05, 3.63) is 12.2 Å². The van der Waals surface area contributed by atoms with E-state index in [4.69, 9.17) is 5.73 Å². The molecular formula is C18H35N3. The zero-order valence-corrected chi connectivity index (χ0v) is 14.1. The summed E-state index contributed by atoms with van der Waals surface area (Å²) in [5, 5.41) is 0.